The molecule has 0 bridgehead atoms. The smallest absolute Gasteiger partial charge is 0.271 e. The number of nitrogens with zero attached hydrogens (tertiary/aromatic N) is 2. The summed E-state index contributed by atoms with van der Waals surface area (Å²) < 4.78 is 0.736. The number of halogens is 1. The van der Waals surface area contributed by atoms with Crippen LogP contribution in [0, 0.1) is 14.9 Å². The van der Waals surface area contributed by atoms with Crippen molar-refractivity contribution in [2.75, 3.05) is 0 Å². The molecule has 0 unspecified atom stereocenters. The molecule has 5 nitrogen and oxygen atoms in total. The van der Waals surface area contributed by atoms with Crippen LogP contribution in [-0.2, 0) is 0 Å². The molecule has 1 amide bonds. The number of nitrogens with one attached hydrogen (secondary N) is 2. The molecular formula is C7H7IN4O. The quantitative estimate of drug-likeness (QED) is 0.785. The summed E-state index contributed by atoms with van der Waals surface area (Å²) in [4.78, 5) is 11.4. The van der Waals surface area contributed by atoms with E-state index in [1.165, 1.54) is 0 Å². The van der Waals surface area contributed by atoms with Crippen LogP contribution in [-0.4, -0.2) is 22.1 Å². The molecule has 1 atom stereocenters. The van der Waals surface area contributed by atoms with Crippen molar-refractivity contribution in [3.05, 3.63) is 15.5 Å². The molecule has 0 fully saturated rings. The second-order valence-electron chi connectivity index (χ2n) is 2.42. The van der Waals surface area contributed by atoms with E-state index in [9.17, 15) is 4.79 Å². The Labute approximate surface area is 88.7 Å². The van der Waals surface area contributed by atoms with Crippen LogP contribution in [0.4, 0.5) is 0 Å². The fourth-order valence-electron chi connectivity index (χ4n) is 0.732. The van der Waals surface area contributed by atoms with E-state index in [1.807, 2.05) is 28.7 Å². The van der Waals surface area contributed by atoms with Crippen molar-refractivity contribution >= 4 is 28.5 Å². The first-order valence-electron chi connectivity index (χ1n) is 3.54. The van der Waals surface area contributed by atoms with Crippen molar-refractivity contribution in [3.63, 3.8) is 0 Å². The topological polar surface area (TPSA) is 81.6 Å². The summed E-state index contributed by atoms with van der Waals surface area (Å²) in [7, 11) is 0. The lowest BCUT2D eigenvalue weighted by atomic mass is 10.3. The van der Waals surface area contributed by atoms with E-state index >= 15 is 0 Å². The summed E-state index contributed by atoms with van der Waals surface area (Å²) in [6.07, 6.45) is 1.55. The average molecular weight is 290 g/mol. The molecule has 2 N–H and O–H groups in total. The second-order valence-corrected chi connectivity index (χ2v) is 3.58. The van der Waals surface area contributed by atoms with Crippen molar-refractivity contribution in [3.8, 4) is 6.07 Å². The fraction of sp³-hybridized carbons (Fsp3) is 0.286. The summed E-state index contributed by atoms with van der Waals surface area (Å²) in [6, 6.07) is 1.41. The van der Waals surface area contributed by atoms with E-state index in [-0.39, 0.29) is 5.91 Å². The van der Waals surface area contributed by atoms with Crippen LogP contribution >= 0.6 is 22.6 Å². The Balaban J connectivity index is 2.71. The molecule has 0 saturated carbocycles. The molecule has 13 heavy (non-hydrogen) atoms. The van der Waals surface area contributed by atoms with Crippen molar-refractivity contribution in [1.82, 2.24) is 15.5 Å². The molecule has 0 aliphatic rings. The monoisotopic (exact) mass is 290 g/mol. The zero-order chi connectivity index (χ0) is 9.84. The van der Waals surface area contributed by atoms with E-state index in [1.54, 1.807) is 13.1 Å². The Hall–Kier alpha value is -1.10. The number of hydrogen-bond acceptors (Lipinski definition) is 3. The zero-order valence-electron chi connectivity index (χ0n) is 6.84. The molecule has 6 heteroatoms. The Morgan fingerprint density at radius 2 is 2.62 bits per heavy atom. The van der Waals surface area contributed by atoms with Gasteiger partial charge in [-0.1, -0.05) is 0 Å². The number of amides is 1. The molecule has 0 saturated heterocycles. The fourth-order valence-corrected chi connectivity index (χ4v) is 1.24. The first-order chi connectivity index (χ1) is 6.15. The zero-order valence-corrected chi connectivity index (χ0v) is 8.99. The molecule has 1 rings (SSSR count). The summed E-state index contributed by atoms with van der Waals surface area (Å²) in [5.41, 5.74) is 0.391. The molecule has 1 heterocycles. The molecule has 0 aliphatic carbocycles. The Morgan fingerprint density at radius 3 is 3.08 bits per heavy atom. The number of aromatic nitrogens is 2. The third-order valence-corrected chi connectivity index (χ3v) is 2.18. The summed E-state index contributed by atoms with van der Waals surface area (Å²) >= 11 is 1.99. The largest absolute Gasteiger partial charge is 0.335 e. The lowest BCUT2D eigenvalue weighted by Gasteiger charge is -2.03. The third-order valence-electron chi connectivity index (χ3n) is 1.36. The number of aromatic amines is 1. The lowest BCUT2D eigenvalue weighted by molar-refractivity contribution is 0.0942. The van der Waals surface area contributed by atoms with Gasteiger partial charge in [-0.2, -0.15) is 10.4 Å². The van der Waals surface area contributed by atoms with Crippen LogP contribution in [0.5, 0.6) is 0 Å². The van der Waals surface area contributed by atoms with Gasteiger partial charge in [-0.15, -0.1) is 0 Å². The predicted octanol–water partition coefficient (Wildman–Crippen LogP) is 0.656. The van der Waals surface area contributed by atoms with Crippen molar-refractivity contribution < 1.29 is 4.79 Å². The maximum atomic E-state index is 11.4. The molecule has 0 radical (unpaired) electrons. The highest BCUT2D eigenvalue weighted by Crippen LogP contribution is 2.07. The minimum Gasteiger partial charge on any atom is -0.335 e. The van der Waals surface area contributed by atoms with Gasteiger partial charge >= 0.3 is 0 Å². The second kappa shape index (κ2) is 4.23. The van der Waals surface area contributed by atoms with Gasteiger partial charge in [0.25, 0.3) is 5.91 Å². The van der Waals surface area contributed by atoms with Crippen molar-refractivity contribution in [1.29, 1.82) is 5.26 Å². The minimum absolute atomic E-state index is 0.309. The van der Waals surface area contributed by atoms with Gasteiger partial charge in [0.05, 0.1) is 15.8 Å². The Bertz CT molecular complexity index is 354. The van der Waals surface area contributed by atoms with Crippen LogP contribution in [0.15, 0.2) is 6.20 Å². The van der Waals surface area contributed by atoms with E-state index in [2.05, 4.69) is 15.5 Å². The van der Waals surface area contributed by atoms with Gasteiger partial charge in [0.2, 0.25) is 0 Å². The molecular weight excluding hydrogens is 283 g/mol. The van der Waals surface area contributed by atoms with Crippen LogP contribution in [0.1, 0.15) is 17.4 Å². The first kappa shape index (κ1) is 9.98. The Morgan fingerprint density at radius 1 is 1.92 bits per heavy atom. The average Bonchev–Trinajstić information content (AvgIpc) is 2.51. The van der Waals surface area contributed by atoms with Crippen LogP contribution in [0.2, 0.25) is 0 Å². The molecule has 0 aliphatic heterocycles. The molecule has 0 aromatic carbocycles. The van der Waals surface area contributed by atoms with E-state index in [0.29, 0.717) is 5.69 Å². The number of carbonyl (C=O) groups excluding carboxylic acids is 1. The lowest BCUT2D eigenvalue weighted by Crippen LogP contribution is -2.32. The highest BCUT2D eigenvalue weighted by atomic mass is 127. The van der Waals surface area contributed by atoms with Crippen molar-refractivity contribution in [2.24, 2.45) is 0 Å². The summed E-state index contributed by atoms with van der Waals surface area (Å²) in [5.74, 6) is -0.309. The maximum Gasteiger partial charge on any atom is 0.271 e. The summed E-state index contributed by atoms with van der Waals surface area (Å²) in [5, 5.41) is 17.2. The minimum atomic E-state index is -0.494. The van der Waals surface area contributed by atoms with Gasteiger partial charge in [-0.25, -0.2) is 0 Å². The summed E-state index contributed by atoms with van der Waals surface area (Å²) in [6.45, 7) is 1.61. The van der Waals surface area contributed by atoms with E-state index in [4.69, 9.17) is 5.26 Å². The maximum absolute atomic E-state index is 11.4. The van der Waals surface area contributed by atoms with Gasteiger partial charge in [0, 0.05) is 0 Å². The van der Waals surface area contributed by atoms with E-state index in [0.717, 1.165) is 3.57 Å². The predicted molar refractivity (Wildman–Crippen MR) is 53.8 cm³/mol. The molecule has 1 aromatic heterocycles. The number of rotatable bonds is 2. The van der Waals surface area contributed by atoms with Crippen LogP contribution < -0.4 is 5.32 Å². The number of hydrogen-bond donors (Lipinski definition) is 2. The van der Waals surface area contributed by atoms with Crippen LogP contribution in [0.25, 0.3) is 0 Å². The Kier molecular flexibility index (Phi) is 3.25. The SMILES string of the molecule is C[C@H](C#N)NC(=O)c1[nH]ncc1I. The number of nitriles is 1. The number of carbonyl (C=O) groups is 1. The third kappa shape index (κ3) is 2.42. The van der Waals surface area contributed by atoms with Gasteiger partial charge in [-0.05, 0) is 29.5 Å². The van der Waals surface area contributed by atoms with Crippen LogP contribution in [0.3, 0.4) is 0 Å². The number of H-pyrrole nitrogens is 1. The van der Waals surface area contributed by atoms with E-state index < -0.39 is 6.04 Å². The highest BCUT2D eigenvalue weighted by Gasteiger charge is 2.13. The normalized spacial score (nSPS) is 11.8. The van der Waals surface area contributed by atoms with Gasteiger partial charge in [0.15, 0.2) is 0 Å². The van der Waals surface area contributed by atoms with Gasteiger partial charge < -0.3 is 5.32 Å². The molecule has 1 aromatic rings. The molecule has 0 spiro atoms. The van der Waals surface area contributed by atoms with Gasteiger partial charge in [0.1, 0.15) is 11.7 Å². The first-order valence-corrected chi connectivity index (χ1v) is 4.62. The highest BCUT2D eigenvalue weighted by molar-refractivity contribution is 14.1. The molecule has 68 valence electrons. The van der Waals surface area contributed by atoms with Crippen molar-refractivity contribution in [2.45, 2.75) is 13.0 Å². The standard InChI is InChI=1S/C7H7IN4O/c1-4(2-9)11-7(13)6-5(8)3-10-12-6/h3-4H,1H3,(H,10,12)(H,11,13)/t4-/m1/s1. The van der Waals surface area contributed by atoms with Gasteiger partial charge in [-0.3, -0.25) is 9.89 Å².